The molecule has 1 saturated heterocycles. The summed E-state index contributed by atoms with van der Waals surface area (Å²) in [6.07, 6.45) is 0. The minimum atomic E-state index is -0.436. The van der Waals surface area contributed by atoms with E-state index in [1.165, 1.54) is 0 Å². The number of halogens is 1. The second-order valence-corrected chi connectivity index (χ2v) is 7.41. The SMILES string of the molecule is O=C(NCC(=O)N1CCN(c2ccc(Cl)cc2)CC1)c1cc(-c2ccccc2)on1. The summed E-state index contributed by atoms with van der Waals surface area (Å²) in [6.45, 7) is 2.57. The molecule has 2 aromatic carbocycles. The molecule has 0 bridgehead atoms. The summed E-state index contributed by atoms with van der Waals surface area (Å²) in [4.78, 5) is 28.8. The van der Waals surface area contributed by atoms with Crippen LogP contribution in [0.15, 0.2) is 65.2 Å². The van der Waals surface area contributed by atoms with E-state index in [0.29, 0.717) is 23.9 Å². The van der Waals surface area contributed by atoms with Crippen molar-refractivity contribution in [3.8, 4) is 11.3 Å². The van der Waals surface area contributed by atoms with Crippen LogP contribution in [-0.4, -0.2) is 54.6 Å². The van der Waals surface area contributed by atoms with Gasteiger partial charge in [-0.2, -0.15) is 0 Å². The summed E-state index contributed by atoms with van der Waals surface area (Å²) in [7, 11) is 0. The predicted molar refractivity (Wildman–Crippen MR) is 115 cm³/mol. The topological polar surface area (TPSA) is 78.7 Å². The van der Waals surface area contributed by atoms with Crippen LogP contribution in [0.4, 0.5) is 5.69 Å². The summed E-state index contributed by atoms with van der Waals surface area (Å²) in [6, 6.07) is 18.6. The first-order valence-electron chi connectivity index (χ1n) is 9.69. The molecule has 0 atom stereocenters. The number of anilines is 1. The average molecular weight is 425 g/mol. The zero-order valence-electron chi connectivity index (χ0n) is 16.3. The van der Waals surface area contributed by atoms with Gasteiger partial charge in [0.25, 0.3) is 5.91 Å². The van der Waals surface area contributed by atoms with E-state index in [4.69, 9.17) is 16.1 Å². The molecule has 8 heteroatoms. The van der Waals surface area contributed by atoms with Gasteiger partial charge in [-0.3, -0.25) is 9.59 Å². The Morgan fingerprint density at radius 1 is 1.00 bits per heavy atom. The van der Waals surface area contributed by atoms with Crippen LogP contribution in [0.1, 0.15) is 10.5 Å². The monoisotopic (exact) mass is 424 g/mol. The summed E-state index contributed by atoms with van der Waals surface area (Å²) in [5, 5.41) is 7.13. The molecule has 0 unspecified atom stereocenters. The van der Waals surface area contributed by atoms with Gasteiger partial charge in [-0.25, -0.2) is 0 Å². The molecular formula is C22H21ClN4O3. The van der Waals surface area contributed by atoms with E-state index in [-0.39, 0.29) is 18.1 Å². The van der Waals surface area contributed by atoms with Crippen molar-refractivity contribution >= 4 is 29.1 Å². The summed E-state index contributed by atoms with van der Waals surface area (Å²) in [5.74, 6) is -0.0506. The van der Waals surface area contributed by atoms with Crippen molar-refractivity contribution in [1.82, 2.24) is 15.4 Å². The summed E-state index contributed by atoms with van der Waals surface area (Å²) < 4.78 is 5.24. The van der Waals surface area contributed by atoms with Gasteiger partial charge in [0.2, 0.25) is 5.91 Å². The molecule has 1 aromatic heterocycles. The highest BCUT2D eigenvalue weighted by Crippen LogP contribution is 2.20. The number of hydrogen-bond acceptors (Lipinski definition) is 5. The fraction of sp³-hybridized carbons (Fsp3) is 0.227. The average Bonchev–Trinajstić information content (AvgIpc) is 3.29. The van der Waals surface area contributed by atoms with Gasteiger partial charge in [-0.1, -0.05) is 47.1 Å². The molecule has 154 valence electrons. The van der Waals surface area contributed by atoms with Crippen molar-refractivity contribution in [3.05, 3.63) is 71.4 Å². The Labute approximate surface area is 179 Å². The van der Waals surface area contributed by atoms with Crippen molar-refractivity contribution in [2.45, 2.75) is 0 Å². The molecule has 0 aliphatic carbocycles. The molecule has 1 aliphatic rings. The minimum Gasteiger partial charge on any atom is -0.368 e. The van der Waals surface area contributed by atoms with Crippen LogP contribution in [-0.2, 0) is 4.79 Å². The van der Waals surface area contributed by atoms with Crippen molar-refractivity contribution in [2.24, 2.45) is 0 Å². The highest BCUT2D eigenvalue weighted by atomic mass is 35.5. The first-order valence-corrected chi connectivity index (χ1v) is 10.1. The van der Waals surface area contributed by atoms with E-state index >= 15 is 0 Å². The number of benzene rings is 2. The van der Waals surface area contributed by atoms with Crippen molar-refractivity contribution in [3.63, 3.8) is 0 Å². The number of aromatic nitrogens is 1. The van der Waals surface area contributed by atoms with Crippen LogP contribution in [0.25, 0.3) is 11.3 Å². The van der Waals surface area contributed by atoms with E-state index < -0.39 is 5.91 Å². The maximum atomic E-state index is 12.5. The van der Waals surface area contributed by atoms with Crippen molar-refractivity contribution in [2.75, 3.05) is 37.6 Å². The molecule has 30 heavy (non-hydrogen) atoms. The molecular weight excluding hydrogens is 404 g/mol. The third kappa shape index (κ3) is 4.63. The Morgan fingerprint density at radius 2 is 1.70 bits per heavy atom. The zero-order chi connectivity index (χ0) is 20.9. The lowest BCUT2D eigenvalue weighted by atomic mass is 10.1. The van der Waals surface area contributed by atoms with Gasteiger partial charge in [0, 0.05) is 48.5 Å². The second-order valence-electron chi connectivity index (χ2n) is 6.97. The van der Waals surface area contributed by atoms with E-state index in [2.05, 4.69) is 15.4 Å². The van der Waals surface area contributed by atoms with Gasteiger partial charge in [0.15, 0.2) is 11.5 Å². The largest absolute Gasteiger partial charge is 0.368 e. The molecule has 2 amide bonds. The fourth-order valence-corrected chi connectivity index (χ4v) is 3.47. The summed E-state index contributed by atoms with van der Waals surface area (Å²) in [5.41, 5.74) is 2.06. The molecule has 4 rings (SSSR count). The van der Waals surface area contributed by atoms with Crippen LogP contribution in [0.2, 0.25) is 5.02 Å². The number of hydrogen-bond donors (Lipinski definition) is 1. The molecule has 3 aromatic rings. The Balaban J connectivity index is 1.26. The highest BCUT2D eigenvalue weighted by Gasteiger charge is 2.22. The van der Waals surface area contributed by atoms with Crippen molar-refractivity contribution in [1.29, 1.82) is 0 Å². The van der Waals surface area contributed by atoms with Gasteiger partial charge in [-0.15, -0.1) is 0 Å². The number of nitrogens with zero attached hydrogens (tertiary/aromatic N) is 3. The van der Waals surface area contributed by atoms with Gasteiger partial charge < -0.3 is 19.6 Å². The Kier molecular flexibility index (Phi) is 5.99. The first-order chi connectivity index (χ1) is 14.6. The molecule has 1 aliphatic heterocycles. The lowest BCUT2D eigenvalue weighted by Gasteiger charge is -2.36. The fourth-order valence-electron chi connectivity index (χ4n) is 3.34. The zero-order valence-corrected chi connectivity index (χ0v) is 17.0. The number of carbonyl (C=O) groups excluding carboxylic acids is 2. The third-order valence-corrected chi connectivity index (χ3v) is 5.28. The van der Waals surface area contributed by atoms with Crippen LogP contribution >= 0.6 is 11.6 Å². The summed E-state index contributed by atoms with van der Waals surface area (Å²) >= 11 is 5.94. The number of nitrogens with one attached hydrogen (secondary N) is 1. The van der Waals surface area contributed by atoms with Crippen molar-refractivity contribution < 1.29 is 14.1 Å². The van der Waals surface area contributed by atoms with Gasteiger partial charge >= 0.3 is 0 Å². The number of rotatable bonds is 5. The van der Waals surface area contributed by atoms with Gasteiger partial charge in [-0.05, 0) is 24.3 Å². The Bertz CT molecular complexity index is 1010. The third-order valence-electron chi connectivity index (χ3n) is 5.03. The van der Waals surface area contributed by atoms with Crippen LogP contribution in [0.3, 0.4) is 0 Å². The quantitative estimate of drug-likeness (QED) is 0.681. The first kappa shape index (κ1) is 20.0. The van der Waals surface area contributed by atoms with Crippen LogP contribution < -0.4 is 10.2 Å². The smallest absolute Gasteiger partial charge is 0.273 e. The normalized spacial score (nSPS) is 13.9. The molecule has 2 heterocycles. The van der Waals surface area contributed by atoms with Crippen LogP contribution in [0, 0.1) is 0 Å². The molecule has 1 fully saturated rings. The predicted octanol–water partition coefficient (Wildman–Crippen LogP) is 3.07. The lowest BCUT2D eigenvalue weighted by molar-refractivity contribution is -0.130. The standard InChI is InChI=1S/C22H21ClN4O3/c23-17-6-8-18(9-7-17)26-10-12-27(13-11-26)21(28)15-24-22(29)19-14-20(30-25-19)16-4-2-1-3-5-16/h1-9,14H,10-13,15H2,(H,24,29). The Hall–Kier alpha value is -3.32. The Morgan fingerprint density at radius 3 is 2.40 bits per heavy atom. The maximum absolute atomic E-state index is 12.5. The van der Waals surface area contributed by atoms with Gasteiger partial charge in [0.05, 0.1) is 6.54 Å². The molecule has 0 spiro atoms. The van der Waals surface area contributed by atoms with E-state index in [1.807, 2.05) is 54.6 Å². The lowest BCUT2D eigenvalue weighted by Crippen LogP contribution is -2.51. The molecule has 1 N–H and O–H groups in total. The van der Waals surface area contributed by atoms with E-state index in [0.717, 1.165) is 24.3 Å². The molecule has 0 saturated carbocycles. The molecule has 7 nitrogen and oxygen atoms in total. The van der Waals surface area contributed by atoms with Gasteiger partial charge in [0.1, 0.15) is 0 Å². The molecule has 0 radical (unpaired) electrons. The number of amides is 2. The van der Waals surface area contributed by atoms with Crippen LogP contribution in [0.5, 0.6) is 0 Å². The number of carbonyl (C=O) groups is 2. The maximum Gasteiger partial charge on any atom is 0.273 e. The second kappa shape index (κ2) is 9.00. The minimum absolute atomic E-state index is 0.0761. The number of piperazine rings is 1. The van der Waals surface area contributed by atoms with E-state index in [1.54, 1.807) is 11.0 Å². The highest BCUT2D eigenvalue weighted by molar-refractivity contribution is 6.30. The van der Waals surface area contributed by atoms with E-state index in [9.17, 15) is 9.59 Å².